The Labute approximate surface area is 73.7 Å². The van der Waals surface area contributed by atoms with Gasteiger partial charge in [-0.05, 0) is 19.3 Å². The summed E-state index contributed by atoms with van der Waals surface area (Å²) in [7, 11) is 0. The Hall–Kier alpha value is -0.340. The molecule has 0 spiro atoms. The van der Waals surface area contributed by atoms with Crippen LogP contribution in [-0.2, 0) is 0 Å². The predicted molar refractivity (Wildman–Crippen MR) is 48.9 cm³/mol. The summed E-state index contributed by atoms with van der Waals surface area (Å²) in [5.74, 6) is 0. The second kappa shape index (κ2) is 2.86. The molecule has 0 radical (unpaired) electrons. The highest BCUT2D eigenvalue weighted by Crippen LogP contribution is 2.41. The summed E-state index contributed by atoms with van der Waals surface area (Å²) in [6.07, 6.45) is 5.18. The molecule has 0 bridgehead atoms. The van der Waals surface area contributed by atoms with Gasteiger partial charge >= 0.3 is 0 Å². The molecule has 1 saturated carbocycles. The zero-order chi connectivity index (χ0) is 8.60. The molecule has 2 aliphatic rings. The number of nitrogens with one attached hydrogen (secondary N) is 1. The van der Waals surface area contributed by atoms with Crippen LogP contribution >= 0.6 is 0 Å². The SMILES string of the molecule is C[C@]12CC[C@H](O)CC1=CCNC2. The summed E-state index contributed by atoms with van der Waals surface area (Å²) in [6, 6.07) is 0. The molecule has 2 rings (SSSR count). The van der Waals surface area contributed by atoms with Gasteiger partial charge in [-0.25, -0.2) is 0 Å². The summed E-state index contributed by atoms with van der Waals surface area (Å²) in [6.45, 7) is 4.38. The first-order valence-electron chi connectivity index (χ1n) is 4.79. The average Bonchev–Trinajstić information content (AvgIpc) is 2.06. The van der Waals surface area contributed by atoms with Gasteiger partial charge in [-0.2, -0.15) is 0 Å². The normalized spacial score (nSPS) is 41.8. The van der Waals surface area contributed by atoms with E-state index in [0.717, 1.165) is 32.4 Å². The molecule has 12 heavy (non-hydrogen) atoms. The summed E-state index contributed by atoms with van der Waals surface area (Å²) < 4.78 is 0. The van der Waals surface area contributed by atoms with E-state index in [1.165, 1.54) is 5.57 Å². The first-order valence-corrected chi connectivity index (χ1v) is 4.79. The Morgan fingerprint density at radius 1 is 1.67 bits per heavy atom. The minimum Gasteiger partial charge on any atom is -0.393 e. The zero-order valence-electron chi connectivity index (χ0n) is 7.64. The molecular formula is C10H17NO. The highest BCUT2D eigenvalue weighted by molar-refractivity contribution is 5.21. The van der Waals surface area contributed by atoms with Gasteiger partial charge in [-0.1, -0.05) is 18.6 Å². The van der Waals surface area contributed by atoms with Crippen molar-refractivity contribution in [2.45, 2.75) is 32.3 Å². The standard InChI is InChI=1S/C10H17NO/c1-10-4-2-9(12)6-8(10)3-5-11-7-10/h3,9,11-12H,2,4-7H2,1H3/t9-,10+/m0/s1. The lowest BCUT2D eigenvalue weighted by Gasteiger charge is -2.41. The highest BCUT2D eigenvalue weighted by Gasteiger charge is 2.35. The van der Waals surface area contributed by atoms with Crippen molar-refractivity contribution in [3.63, 3.8) is 0 Å². The lowest BCUT2D eigenvalue weighted by Crippen LogP contribution is -2.42. The maximum absolute atomic E-state index is 9.50. The Morgan fingerprint density at radius 2 is 2.50 bits per heavy atom. The van der Waals surface area contributed by atoms with Gasteiger partial charge < -0.3 is 10.4 Å². The van der Waals surface area contributed by atoms with E-state index in [4.69, 9.17) is 0 Å². The van der Waals surface area contributed by atoms with Gasteiger partial charge in [0.2, 0.25) is 0 Å². The van der Waals surface area contributed by atoms with Crippen LogP contribution in [0, 0.1) is 5.41 Å². The number of hydrogen-bond donors (Lipinski definition) is 2. The number of hydrogen-bond acceptors (Lipinski definition) is 2. The molecule has 0 aromatic rings. The second-order valence-electron chi connectivity index (χ2n) is 4.32. The maximum atomic E-state index is 9.50. The molecule has 0 unspecified atom stereocenters. The van der Waals surface area contributed by atoms with Crippen LogP contribution in [0.3, 0.4) is 0 Å². The number of fused-ring (bicyclic) bond motifs is 1. The topological polar surface area (TPSA) is 32.3 Å². The van der Waals surface area contributed by atoms with Crippen molar-refractivity contribution >= 4 is 0 Å². The molecule has 2 N–H and O–H groups in total. The number of rotatable bonds is 0. The largest absolute Gasteiger partial charge is 0.393 e. The second-order valence-corrected chi connectivity index (χ2v) is 4.32. The van der Waals surface area contributed by atoms with Gasteiger partial charge in [0.05, 0.1) is 6.10 Å². The third kappa shape index (κ3) is 1.29. The molecule has 0 saturated heterocycles. The first kappa shape index (κ1) is 8.27. The lowest BCUT2D eigenvalue weighted by molar-refractivity contribution is 0.108. The van der Waals surface area contributed by atoms with E-state index in [1.807, 2.05) is 0 Å². The molecule has 1 aliphatic heterocycles. The smallest absolute Gasteiger partial charge is 0.0577 e. The lowest BCUT2D eigenvalue weighted by atomic mass is 9.69. The van der Waals surface area contributed by atoms with E-state index < -0.39 is 0 Å². The third-order valence-electron chi connectivity index (χ3n) is 3.27. The van der Waals surface area contributed by atoms with Crippen molar-refractivity contribution in [1.29, 1.82) is 0 Å². The van der Waals surface area contributed by atoms with E-state index in [0.29, 0.717) is 5.41 Å². The fourth-order valence-corrected chi connectivity index (χ4v) is 2.32. The molecule has 0 amide bonds. The van der Waals surface area contributed by atoms with Crippen LogP contribution in [0.4, 0.5) is 0 Å². The van der Waals surface area contributed by atoms with Crippen LogP contribution in [0.25, 0.3) is 0 Å². The van der Waals surface area contributed by atoms with E-state index in [2.05, 4.69) is 18.3 Å². The molecule has 0 aromatic heterocycles. The van der Waals surface area contributed by atoms with Crippen LogP contribution in [0.5, 0.6) is 0 Å². The fourth-order valence-electron chi connectivity index (χ4n) is 2.32. The number of aliphatic hydroxyl groups excluding tert-OH is 1. The van der Waals surface area contributed by atoms with Crippen LogP contribution < -0.4 is 5.32 Å². The molecule has 2 nitrogen and oxygen atoms in total. The predicted octanol–water partition coefficient (Wildman–Crippen LogP) is 1.07. The quantitative estimate of drug-likeness (QED) is 0.529. The van der Waals surface area contributed by atoms with Crippen LogP contribution in [0.15, 0.2) is 11.6 Å². The van der Waals surface area contributed by atoms with Gasteiger partial charge in [0.1, 0.15) is 0 Å². The first-order chi connectivity index (χ1) is 5.71. The molecule has 1 heterocycles. The van der Waals surface area contributed by atoms with Crippen molar-refractivity contribution in [2.24, 2.45) is 5.41 Å². The summed E-state index contributed by atoms with van der Waals surface area (Å²) in [5, 5.41) is 12.9. The van der Waals surface area contributed by atoms with Crippen molar-refractivity contribution in [3.8, 4) is 0 Å². The minimum atomic E-state index is -0.0811. The van der Waals surface area contributed by atoms with Gasteiger partial charge in [0.15, 0.2) is 0 Å². The van der Waals surface area contributed by atoms with Gasteiger partial charge in [0, 0.05) is 18.5 Å². The van der Waals surface area contributed by atoms with Gasteiger partial charge in [0.25, 0.3) is 0 Å². The van der Waals surface area contributed by atoms with E-state index >= 15 is 0 Å². The zero-order valence-corrected chi connectivity index (χ0v) is 7.64. The summed E-state index contributed by atoms with van der Waals surface area (Å²) >= 11 is 0. The Kier molecular flexibility index (Phi) is 1.97. The average molecular weight is 167 g/mol. The van der Waals surface area contributed by atoms with Crippen molar-refractivity contribution in [1.82, 2.24) is 5.32 Å². The summed E-state index contributed by atoms with van der Waals surface area (Å²) in [4.78, 5) is 0. The van der Waals surface area contributed by atoms with Gasteiger partial charge in [-0.3, -0.25) is 0 Å². The fraction of sp³-hybridized carbons (Fsp3) is 0.800. The van der Waals surface area contributed by atoms with E-state index in [-0.39, 0.29) is 6.10 Å². The van der Waals surface area contributed by atoms with Crippen LogP contribution in [0.1, 0.15) is 26.2 Å². The molecular weight excluding hydrogens is 150 g/mol. The molecule has 68 valence electrons. The van der Waals surface area contributed by atoms with E-state index in [9.17, 15) is 5.11 Å². The minimum absolute atomic E-state index is 0.0811. The molecule has 2 atom stereocenters. The van der Waals surface area contributed by atoms with Crippen molar-refractivity contribution in [3.05, 3.63) is 11.6 Å². The van der Waals surface area contributed by atoms with Crippen LogP contribution in [0.2, 0.25) is 0 Å². The Bertz CT molecular complexity index is 212. The Morgan fingerprint density at radius 3 is 3.33 bits per heavy atom. The van der Waals surface area contributed by atoms with E-state index in [1.54, 1.807) is 0 Å². The van der Waals surface area contributed by atoms with Crippen LogP contribution in [-0.4, -0.2) is 24.3 Å². The van der Waals surface area contributed by atoms with Crippen molar-refractivity contribution in [2.75, 3.05) is 13.1 Å². The third-order valence-corrected chi connectivity index (χ3v) is 3.27. The molecule has 2 heteroatoms. The molecule has 1 fully saturated rings. The van der Waals surface area contributed by atoms with Crippen molar-refractivity contribution < 1.29 is 5.11 Å². The van der Waals surface area contributed by atoms with Gasteiger partial charge in [-0.15, -0.1) is 0 Å². The monoisotopic (exact) mass is 167 g/mol. The highest BCUT2D eigenvalue weighted by atomic mass is 16.3. The maximum Gasteiger partial charge on any atom is 0.0577 e. The molecule has 0 aromatic carbocycles. The Balaban J connectivity index is 2.19. The number of aliphatic hydroxyl groups is 1. The molecule has 1 aliphatic carbocycles. The summed E-state index contributed by atoms with van der Waals surface area (Å²) in [5.41, 5.74) is 1.82.